The van der Waals surface area contributed by atoms with Crippen molar-refractivity contribution in [1.82, 2.24) is 0 Å². The van der Waals surface area contributed by atoms with Crippen molar-refractivity contribution < 1.29 is 9.90 Å². The summed E-state index contributed by atoms with van der Waals surface area (Å²) in [5, 5.41) is 17.3. The number of terminal acetylenes is 2. The Labute approximate surface area is 71.0 Å². The molecule has 12 heavy (non-hydrogen) atoms. The van der Waals surface area contributed by atoms with Crippen LogP contribution in [0.1, 0.15) is 12.8 Å². The van der Waals surface area contributed by atoms with Crippen molar-refractivity contribution in [1.29, 1.82) is 5.26 Å². The second-order valence-electron chi connectivity index (χ2n) is 2.26. The van der Waals surface area contributed by atoms with E-state index < -0.39 is 11.4 Å². The lowest BCUT2D eigenvalue weighted by Crippen LogP contribution is -2.28. The van der Waals surface area contributed by atoms with Crippen LogP contribution in [0.25, 0.3) is 0 Å². The highest BCUT2D eigenvalue weighted by Gasteiger charge is 2.37. The van der Waals surface area contributed by atoms with E-state index in [0.29, 0.717) is 0 Å². The molecule has 0 fully saturated rings. The Morgan fingerprint density at radius 1 is 1.42 bits per heavy atom. The van der Waals surface area contributed by atoms with Crippen molar-refractivity contribution in [3.8, 4) is 30.8 Å². The van der Waals surface area contributed by atoms with E-state index in [2.05, 4.69) is 11.8 Å². The molecular formula is C9H7NO2. The van der Waals surface area contributed by atoms with Crippen LogP contribution in [-0.2, 0) is 4.79 Å². The lowest BCUT2D eigenvalue weighted by atomic mass is 9.83. The predicted octanol–water partition coefficient (Wildman–Crippen LogP) is 0.628. The molecule has 0 saturated carbocycles. The van der Waals surface area contributed by atoms with Gasteiger partial charge in [-0.1, -0.05) is 0 Å². The van der Waals surface area contributed by atoms with E-state index in [1.807, 2.05) is 0 Å². The molecule has 3 heteroatoms. The zero-order chi connectivity index (χ0) is 9.61. The van der Waals surface area contributed by atoms with Gasteiger partial charge in [0.05, 0.1) is 6.07 Å². The SMILES string of the molecule is C#CCC(C#N)(CC#C)C(=O)O. The van der Waals surface area contributed by atoms with E-state index >= 15 is 0 Å². The van der Waals surface area contributed by atoms with Crippen molar-refractivity contribution >= 4 is 5.97 Å². The standard InChI is InChI=1S/C9H7NO2/c1-3-5-9(7-10,6-4-2)8(11)12/h1-2H,5-6H2,(H,11,12). The minimum absolute atomic E-state index is 0.164. The van der Waals surface area contributed by atoms with Crippen LogP contribution in [0.4, 0.5) is 0 Å². The summed E-state index contributed by atoms with van der Waals surface area (Å²) >= 11 is 0. The van der Waals surface area contributed by atoms with Gasteiger partial charge in [-0.05, 0) is 0 Å². The molecule has 0 radical (unpaired) electrons. The van der Waals surface area contributed by atoms with Gasteiger partial charge in [0.15, 0.2) is 5.41 Å². The summed E-state index contributed by atoms with van der Waals surface area (Å²) < 4.78 is 0. The quantitative estimate of drug-likeness (QED) is 0.617. The number of carboxylic acids is 1. The highest BCUT2D eigenvalue weighted by Crippen LogP contribution is 2.24. The van der Waals surface area contributed by atoms with Gasteiger partial charge in [0.2, 0.25) is 0 Å². The van der Waals surface area contributed by atoms with Gasteiger partial charge in [-0.2, -0.15) is 5.26 Å². The highest BCUT2D eigenvalue weighted by molar-refractivity contribution is 5.78. The smallest absolute Gasteiger partial charge is 0.326 e. The molecule has 0 rings (SSSR count). The van der Waals surface area contributed by atoms with Gasteiger partial charge in [0.25, 0.3) is 0 Å². The first-order valence-corrected chi connectivity index (χ1v) is 3.14. The Bertz CT molecular complexity index is 282. The van der Waals surface area contributed by atoms with Crippen LogP contribution in [0.3, 0.4) is 0 Å². The minimum Gasteiger partial charge on any atom is -0.480 e. The molecule has 0 heterocycles. The van der Waals surface area contributed by atoms with Crippen LogP contribution >= 0.6 is 0 Å². The molecule has 3 nitrogen and oxygen atoms in total. The van der Waals surface area contributed by atoms with E-state index in [1.54, 1.807) is 6.07 Å². The third kappa shape index (κ3) is 1.78. The van der Waals surface area contributed by atoms with Crippen LogP contribution in [0.5, 0.6) is 0 Å². The lowest BCUT2D eigenvalue weighted by molar-refractivity contribution is -0.145. The average molecular weight is 161 g/mol. The molecule has 1 N–H and O–H groups in total. The van der Waals surface area contributed by atoms with Crippen LogP contribution in [0.15, 0.2) is 0 Å². The van der Waals surface area contributed by atoms with Crippen LogP contribution in [0, 0.1) is 41.4 Å². The Kier molecular flexibility index (Phi) is 3.41. The van der Waals surface area contributed by atoms with Crippen LogP contribution in [-0.4, -0.2) is 11.1 Å². The zero-order valence-electron chi connectivity index (χ0n) is 6.37. The maximum absolute atomic E-state index is 10.6. The fourth-order valence-electron chi connectivity index (χ4n) is 0.689. The van der Waals surface area contributed by atoms with Crippen molar-refractivity contribution in [3.05, 3.63) is 0 Å². The largest absolute Gasteiger partial charge is 0.480 e. The molecule has 0 aliphatic rings. The summed E-state index contributed by atoms with van der Waals surface area (Å²) in [5.41, 5.74) is -1.61. The van der Waals surface area contributed by atoms with Crippen LogP contribution in [0.2, 0.25) is 0 Å². The third-order valence-corrected chi connectivity index (χ3v) is 1.43. The molecule has 0 aliphatic carbocycles. The molecule has 0 unspecified atom stereocenters. The van der Waals surface area contributed by atoms with Gasteiger partial charge >= 0.3 is 5.97 Å². The number of hydrogen-bond donors (Lipinski definition) is 1. The second-order valence-corrected chi connectivity index (χ2v) is 2.26. The van der Waals surface area contributed by atoms with E-state index in [0.717, 1.165) is 0 Å². The number of nitrogens with zero attached hydrogens (tertiary/aromatic N) is 1. The van der Waals surface area contributed by atoms with E-state index in [4.69, 9.17) is 23.2 Å². The molecule has 0 aliphatic heterocycles. The molecule has 60 valence electrons. The third-order valence-electron chi connectivity index (χ3n) is 1.43. The number of nitriles is 1. The Morgan fingerprint density at radius 3 is 2.00 bits per heavy atom. The Morgan fingerprint density at radius 2 is 1.83 bits per heavy atom. The maximum Gasteiger partial charge on any atom is 0.326 e. The van der Waals surface area contributed by atoms with Gasteiger partial charge in [-0.25, -0.2) is 0 Å². The first-order chi connectivity index (χ1) is 5.63. The first-order valence-electron chi connectivity index (χ1n) is 3.14. The van der Waals surface area contributed by atoms with Gasteiger partial charge in [-0.15, -0.1) is 24.7 Å². The maximum atomic E-state index is 10.6. The molecule has 0 aromatic carbocycles. The van der Waals surface area contributed by atoms with Crippen molar-refractivity contribution in [2.75, 3.05) is 0 Å². The molecular weight excluding hydrogens is 154 g/mol. The fraction of sp³-hybridized carbons (Fsp3) is 0.333. The highest BCUT2D eigenvalue weighted by atomic mass is 16.4. The molecule has 0 amide bonds. The van der Waals surface area contributed by atoms with E-state index in [1.165, 1.54) is 0 Å². The molecule has 0 atom stereocenters. The van der Waals surface area contributed by atoms with E-state index in [-0.39, 0.29) is 12.8 Å². The summed E-state index contributed by atoms with van der Waals surface area (Å²) in [6.45, 7) is 0. The van der Waals surface area contributed by atoms with E-state index in [9.17, 15) is 4.79 Å². The summed E-state index contributed by atoms with van der Waals surface area (Å²) in [6, 6.07) is 1.63. The summed E-state index contributed by atoms with van der Waals surface area (Å²) in [6.07, 6.45) is 9.52. The Balaban J connectivity index is 4.84. The normalized spacial score (nSPS) is 9.08. The number of rotatable bonds is 3. The zero-order valence-corrected chi connectivity index (χ0v) is 6.37. The number of hydrogen-bond acceptors (Lipinski definition) is 2. The van der Waals surface area contributed by atoms with Crippen molar-refractivity contribution in [2.24, 2.45) is 5.41 Å². The van der Waals surface area contributed by atoms with Crippen molar-refractivity contribution in [2.45, 2.75) is 12.8 Å². The summed E-state index contributed by atoms with van der Waals surface area (Å²) in [7, 11) is 0. The number of carbonyl (C=O) groups is 1. The molecule has 0 bridgehead atoms. The van der Waals surface area contributed by atoms with Gasteiger partial charge in [0.1, 0.15) is 0 Å². The van der Waals surface area contributed by atoms with Gasteiger partial charge in [0, 0.05) is 12.8 Å². The first kappa shape index (κ1) is 10.1. The Hall–Kier alpha value is -1.92. The average Bonchev–Trinajstić information content (AvgIpc) is 2.03. The van der Waals surface area contributed by atoms with Crippen molar-refractivity contribution in [3.63, 3.8) is 0 Å². The number of aliphatic carboxylic acids is 1. The molecule has 0 aromatic rings. The minimum atomic E-state index is -1.61. The van der Waals surface area contributed by atoms with Gasteiger partial charge < -0.3 is 5.11 Å². The topological polar surface area (TPSA) is 61.1 Å². The fourth-order valence-corrected chi connectivity index (χ4v) is 0.689. The summed E-state index contributed by atoms with van der Waals surface area (Å²) in [5.74, 6) is 2.99. The molecule has 0 aromatic heterocycles. The van der Waals surface area contributed by atoms with Gasteiger partial charge in [-0.3, -0.25) is 4.79 Å². The summed E-state index contributed by atoms with van der Waals surface area (Å²) in [4.78, 5) is 10.6. The second kappa shape index (κ2) is 4.06. The molecule has 0 saturated heterocycles. The lowest BCUT2D eigenvalue weighted by Gasteiger charge is -2.14. The number of carboxylic acid groups (broad SMARTS) is 1. The predicted molar refractivity (Wildman–Crippen MR) is 42.6 cm³/mol. The molecule has 0 spiro atoms. The van der Waals surface area contributed by atoms with Crippen LogP contribution < -0.4 is 0 Å². The monoisotopic (exact) mass is 161 g/mol.